The van der Waals surface area contributed by atoms with Crippen molar-refractivity contribution >= 4 is 11.8 Å². The van der Waals surface area contributed by atoms with Crippen molar-refractivity contribution in [2.45, 2.75) is 32.0 Å². The Bertz CT molecular complexity index is 1050. The third-order valence-electron chi connectivity index (χ3n) is 5.39. The van der Waals surface area contributed by atoms with Gasteiger partial charge in [-0.25, -0.2) is 0 Å². The molecular weight excluding hydrogens is 410 g/mol. The Morgan fingerprint density at radius 1 is 1.16 bits per heavy atom. The van der Waals surface area contributed by atoms with Crippen molar-refractivity contribution in [2.75, 3.05) is 13.7 Å². The van der Waals surface area contributed by atoms with E-state index in [-0.39, 0.29) is 17.6 Å². The number of benzene rings is 1. The maximum absolute atomic E-state index is 12.8. The maximum Gasteiger partial charge on any atom is 0.290 e. The highest BCUT2D eigenvalue weighted by Gasteiger charge is 2.35. The van der Waals surface area contributed by atoms with Crippen LogP contribution in [0.4, 0.5) is 0 Å². The molecule has 8 heteroatoms. The Kier molecular flexibility index (Phi) is 6.69. The Hall–Kier alpha value is -3.81. The summed E-state index contributed by atoms with van der Waals surface area (Å²) in [7, 11) is 1.58. The van der Waals surface area contributed by atoms with Gasteiger partial charge in [-0.3, -0.25) is 14.6 Å². The van der Waals surface area contributed by atoms with Crippen LogP contribution in [0.5, 0.6) is 11.5 Å². The van der Waals surface area contributed by atoms with E-state index < -0.39 is 6.04 Å². The zero-order valence-corrected chi connectivity index (χ0v) is 17.8. The molecule has 1 fully saturated rings. The van der Waals surface area contributed by atoms with Gasteiger partial charge in [0, 0.05) is 25.5 Å². The normalized spacial score (nSPS) is 15.4. The minimum Gasteiger partial charge on any atom is -0.493 e. The number of ether oxygens (including phenoxy) is 2. The average molecular weight is 435 g/mol. The molecule has 166 valence electrons. The van der Waals surface area contributed by atoms with E-state index in [9.17, 15) is 9.59 Å². The first-order valence-corrected chi connectivity index (χ1v) is 10.5. The van der Waals surface area contributed by atoms with Crippen molar-refractivity contribution in [1.82, 2.24) is 15.2 Å². The van der Waals surface area contributed by atoms with Crippen LogP contribution >= 0.6 is 0 Å². The number of hydrogen-bond donors (Lipinski definition) is 1. The van der Waals surface area contributed by atoms with E-state index in [2.05, 4.69) is 10.3 Å². The fourth-order valence-corrected chi connectivity index (χ4v) is 3.71. The van der Waals surface area contributed by atoms with E-state index in [4.69, 9.17) is 13.9 Å². The van der Waals surface area contributed by atoms with Crippen molar-refractivity contribution in [3.63, 3.8) is 0 Å². The first-order chi connectivity index (χ1) is 15.7. The van der Waals surface area contributed by atoms with Gasteiger partial charge in [0.1, 0.15) is 12.6 Å². The van der Waals surface area contributed by atoms with Crippen molar-refractivity contribution < 1.29 is 23.5 Å². The number of likely N-dealkylation sites (tertiary alicyclic amines) is 1. The van der Waals surface area contributed by atoms with Gasteiger partial charge in [0.2, 0.25) is 5.91 Å². The van der Waals surface area contributed by atoms with Gasteiger partial charge in [-0.1, -0.05) is 6.07 Å². The van der Waals surface area contributed by atoms with Crippen LogP contribution in [0, 0.1) is 0 Å². The number of hydrogen-bond acceptors (Lipinski definition) is 6. The highest BCUT2D eigenvalue weighted by Crippen LogP contribution is 2.29. The molecule has 4 rings (SSSR count). The van der Waals surface area contributed by atoms with Gasteiger partial charge < -0.3 is 24.1 Å². The summed E-state index contributed by atoms with van der Waals surface area (Å²) >= 11 is 0. The molecular formula is C24H25N3O5. The topological polar surface area (TPSA) is 93.9 Å². The van der Waals surface area contributed by atoms with Crippen LogP contribution in [0.15, 0.2) is 65.5 Å². The fourth-order valence-electron chi connectivity index (χ4n) is 3.71. The molecule has 1 N–H and O–H groups in total. The second kappa shape index (κ2) is 10.00. The first kappa shape index (κ1) is 21.4. The second-order valence-corrected chi connectivity index (χ2v) is 7.48. The molecule has 1 atom stereocenters. The van der Waals surface area contributed by atoms with E-state index >= 15 is 0 Å². The van der Waals surface area contributed by atoms with Crippen molar-refractivity contribution in [2.24, 2.45) is 0 Å². The molecule has 0 bridgehead atoms. The van der Waals surface area contributed by atoms with Gasteiger partial charge in [-0.15, -0.1) is 0 Å². The zero-order valence-electron chi connectivity index (χ0n) is 17.8. The standard InChI is InChI=1S/C24H25N3O5/c1-30-22-14-18(6-7-20(22)32-16-17-8-10-25-11-9-17)15-26-23(28)19-4-2-12-27(19)24(29)21-5-3-13-31-21/h3,5-11,13-14,19H,2,4,12,15-16H2,1H3,(H,26,28). The van der Waals surface area contributed by atoms with E-state index in [0.717, 1.165) is 17.5 Å². The van der Waals surface area contributed by atoms with E-state index in [1.165, 1.54) is 6.26 Å². The minimum atomic E-state index is -0.502. The molecule has 1 aromatic carbocycles. The Morgan fingerprint density at radius 3 is 2.75 bits per heavy atom. The lowest BCUT2D eigenvalue weighted by Crippen LogP contribution is -2.45. The molecule has 2 amide bonds. The van der Waals surface area contributed by atoms with E-state index in [1.807, 2.05) is 30.3 Å². The lowest BCUT2D eigenvalue weighted by atomic mass is 10.1. The van der Waals surface area contributed by atoms with Gasteiger partial charge in [-0.05, 0) is 60.4 Å². The number of amides is 2. The molecule has 0 saturated carbocycles. The smallest absolute Gasteiger partial charge is 0.290 e. The molecule has 1 aliphatic rings. The summed E-state index contributed by atoms with van der Waals surface area (Å²) in [6, 6.07) is 12.1. The van der Waals surface area contributed by atoms with Crippen molar-refractivity contribution in [1.29, 1.82) is 0 Å². The number of carbonyl (C=O) groups excluding carboxylic acids is 2. The predicted octanol–water partition coefficient (Wildman–Crippen LogP) is 3.18. The number of nitrogens with zero attached hydrogens (tertiary/aromatic N) is 2. The largest absolute Gasteiger partial charge is 0.493 e. The SMILES string of the molecule is COc1cc(CNC(=O)C2CCCN2C(=O)c2ccco2)ccc1OCc1ccncc1. The van der Waals surface area contributed by atoms with E-state index in [1.54, 1.807) is 36.5 Å². The van der Waals surface area contributed by atoms with E-state index in [0.29, 0.717) is 37.6 Å². The Balaban J connectivity index is 1.35. The number of methoxy groups -OCH3 is 1. The van der Waals surface area contributed by atoms with Gasteiger partial charge in [0.15, 0.2) is 17.3 Å². The lowest BCUT2D eigenvalue weighted by Gasteiger charge is -2.23. The molecule has 2 aromatic heterocycles. The minimum absolute atomic E-state index is 0.181. The predicted molar refractivity (Wildman–Crippen MR) is 116 cm³/mol. The summed E-state index contributed by atoms with van der Waals surface area (Å²) in [4.78, 5) is 31.0. The molecule has 0 spiro atoms. The molecule has 8 nitrogen and oxygen atoms in total. The number of rotatable bonds is 8. The summed E-state index contributed by atoms with van der Waals surface area (Å²) in [6.45, 7) is 1.25. The van der Waals surface area contributed by atoms with Crippen molar-refractivity contribution in [3.8, 4) is 11.5 Å². The number of nitrogens with one attached hydrogen (secondary N) is 1. The monoisotopic (exact) mass is 435 g/mol. The lowest BCUT2D eigenvalue weighted by molar-refractivity contribution is -0.125. The summed E-state index contributed by atoms with van der Waals surface area (Å²) in [5.74, 6) is 1.01. The van der Waals surface area contributed by atoms with Crippen LogP contribution < -0.4 is 14.8 Å². The molecule has 0 radical (unpaired) electrons. The van der Waals surface area contributed by atoms with Gasteiger partial charge in [-0.2, -0.15) is 0 Å². The van der Waals surface area contributed by atoms with Crippen LogP contribution in [0.1, 0.15) is 34.5 Å². The molecule has 1 aliphatic heterocycles. The molecule has 32 heavy (non-hydrogen) atoms. The second-order valence-electron chi connectivity index (χ2n) is 7.48. The number of carbonyl (C=O) groups is 2. The van der Waals surface area contributed by atoms with Crippen LogP contribution in [0.25, 0.3) is 0 Å². The summed E-state index contributed by atoms with van der Waals surface area (Å²) in [5.41, 5.74) is 1.87. The Morgan fingerprint density at radius 2 is 2.00 bits per heavy atom. The van der Waals surface area contributed by atoms with Gasteiger partial charge >= 0.3 is 0 Å². The first-order valence-electron chi connectivity index (χ1n) is 10.5. The quantitative estimate of drug-likeness (QED) is 0.584. The highest BCUT2D eigenvalue weighted by molar-refractivity contribution is 5.95. The number of pyridine rings is 1. The van der Waals surface area contributed by atoms with Crippen LogP contribution in [-0.2, 0) is 17.9 Å². The number of furan rings is 1. The molecule has 0 aliphatic carbocycles. The van der Waals surface area contributed by atoms with Crippen molar-refractivity contribution in [3.05, 3.63) is 78.0 Å². The molecule has 3 heterocycles. The third-order valence-corrected chi connectivity index (χ3v) is 5.39. The number of aromatic nitrogens is 1. The summed E-state index contributed by atoms with van der Waals surface area (Å²) in [6.07, 6.45) is 6.30. The summed E-state index contributed by atoms with van der Waals surface area (Å²) in [5, 5.41) is 2.93. The Labute approximate surface area is 186 Å². The van der Waals surface area contributed by atoms with Crippen LogP contribution in [0.3, 0.4) is 0 Å². The summed E-state index contributed by atoms with van der Waals surface area (Å²) < 4.78 is 16.5. The van der Waals surface area contributed by atoms with Gasteiger partial charge in [0.25, 0.3) is 5.91 Å². The molecule has 3 aromatic rings. The van der Waals surface area contributed by atoms with Crippen LogP contribution in [0.2, 0.25) is 0 Å². The average Bonchev–Trinajstić information content (AvgIpc) is 3.54. The van der Waals surface area contributed by atoms with Crippen LogP contribution in [-0.4, -0.2) is 41.4 Å². The zero-order chi connectivity index (χ0) is 22.3. The molecule has 1 unspecified atom stereocenters. The fraction of sp³-hybridized carbons (Fsp3) is 0.292. The van der Waals surface area contributed by atoms with Gasteiger partial charge in [0.05, 0.1) is 13.4 Å². The molecule has 1 saturated heterocycles. The highest BCUT2D eigenvalue weighted by atomic mass is 16.5. The third kappa shape index (κ3) is 4.91. The maximum atomic E-state index is 12.8.